The van der Waals surface area contributed by atoms with Crippen LogP contribution in [0.15, 0.2) is 11.6 Å². The second-order valence-electron chi connectivity index (χ2n) is 5.73. The number of hydrogen-bond donors (Lipinski definition) is 1. The minimum Gasteiger partial charge on any atom is -0.454 e. The number of fused-ring (bicyclic) bond motifs is 1. The first-order valence-corrected chi connectivity index (χ1v) is 7.69. The van der Waals surface area contributed by atoms with Gasteiger partial charge in [0.2, 0.25) is 0 Å². The average Bonchev–Trinajstić information content (AvgIpc) is 2.90. The van der Waals surface area contributed by atoms with Gasteiger partial charge in [-0.2, -0.15) is 0 Å². The first-order valence-electron chi connectivity index (χ1n) is 7.69. The molecule has 0 saturated heterocycles. The fourth-order valence-electron chi connectivity index (χ4n) is 2.71. The SMILES string of the molecule is CCC(=O)C(=Cc1cc2c(c(C)c1C)OC(OC(=O)O)C2)C(C)=O. The number of allylic oxidation sites excluding steroid dienone is 1. The van der Waals surface area contributed by atoms with Gasteiger partial charge < -0.3 is 14.6 Å². The van der Waals surface area contributed by atoms with Gasteiger partial charge in [-0.05, 0) is 49.6 Å². The normalized spacial score (nSPS) is 16.3. The van der Waals surface area contributed by atoms with Gasteiger partial charge in [-0.3, -0.25) is 9.59 Å². The van der Waals surface area contributed by atoms with E-state index in [0.717, 1.165) is 22.3 Å². The highest BCUT2D eigenvalue weighted by Gasteiger charge is 2.29. The summed E-state index contributed by atoms with van der Waals surface area (Å²) in [5, 5.41) is 8.71. The molecule has 2 rings (SSSR count). The van der Waals surface area contributed by atoms with Crippen LogP contribution in [-0.4, -0.2) is 29.1 Å². The van der Waals surface area contributed by atoms with E-state index in [4.69, 9.17) is 9.84 Å². The largest absolute Gasteiger partial charge is 0.508 e. The maximum absolute atomic E-state index is 12.0. The Morgan fingerprint density at radius 3 is 2.54 bits per heavy atom. The van der Waals surface area contributed by atoms with Crippen molar-refractivity contribution in [3.05, 3.63) is 33.9 Å². The summed E-state index contributed by atoms with van der Waals surface area (Å²) in [6, 6.07) is 1.81. The summed E-state index contributed by atoms with van der Waals surface area (Å²) in [5.41, 5.74) is 3.41. The molecule has 1 atom stereocenters. The third-order valence-corrected chi connectivity index (χ3v) is 4.13. The fraction of sp³-hybridized carbons (Fsp3) is 0.389. The van der Waals surface area contributed by atoms with Gasteiger partial charge in [0.1, 0.15) is 5.75 Å². The molecular formula is C18H20O6. The van der Waals surface area contributed by atoms with Gasteiger partial charge in [-0.15, -0.1) is 0 Å². The van der Waals surface area contributed by atoms with Gasteiger partial charge in [-0.1, -0.05) is 6.92 Å². The van der Waals surface area contributed by atoms with Gasteiger partial charge in [0.15, 0.2) is 11.6 Å². The van der Waals surface area contributed by atoms with Gasteiger partial charge in [-0.25, -0.2) is 4.79 Å². The smallest absolute Gasteiger partial charge is 0.454 e. The van der Waals surface area contributed by atoms with E-state index in [2.05, 4.69) is 4.74 Å². The van der Waals surface area contributed by atoms with Crippen molar-refractivity contribution in [1.29, 1.82) is 0 Å². The number of carbonyl (C=O) groups is 3. The molecule has 24 heavy (non-hydrogen) atoms. The monoisotopic (exact) mass is 332 g/mol. The van der Waals surface area contributed by atoms with Crippen molar-refractivity contribution in [2.45, 2.75) is 46.8 Å². The van der Waals surface area contributed by atoms with Gasteiger partial charge in [0.25, 0.3) is 6.29 Å². The maximum atomic E-state index is 12.0. The van der Waals surface area contributed by atoms with Crippen LogP contribution in [0, 0.1) is 13.8 Å². The van der Waals surface area contributed by atoms with E-state index in [9.17, 15) is 14.4 Å². The first kappa shape index (κ1) is 17.7. The number of ketones is 2. The van der Waals surface area contributed by atoms with Crippen LogP contribution in [0.3, 0.4) is 0 Å². The molecule has 1 N–H and O–H groups in total. The molecule has 1 heterocycles. The second kappa shape index (κ2) is 6.86. The Balaban J connectivity index is 2.45. The van der Waals surface area contributed by atoms with Crippen LogP contribution in [0.5, 0.6) is 5.75 Å². The van der Waals surface area contributed by atoms with Gasteiger partial charge >= 0.3 is 6.16 Å². The molecule has 6 nitrogen and oxygen atoms in total. The fourth-order valence-corrected chi connectivity index (χ4v) is 2.71. The van der Waals surface area contributed by atoms with Crippen molar-refractivity contribution < 1.29 is 29.0 Å². The van der Waals surface area contributed by atoms with Crippen LogP contribution in [-0.2, 0) is 20.7 Å². The van der Waals surface area contributed by atoms with Crippen LogP contribution in [0.25, 0.3) is 6.08 Å². The lowest BCUT2D eigenvalue weighted by Crippen LogP contribution is -2.20. The zero-order valence-corrected chi connectivity index (χ0v) is 14.1. The molecule has 1 aromatic carbocycles. The summed E-state index contributed by atoms with van der Waals surface area (Å²) in [4.78, 5) is 34.4. The first-order chi connectivity index (χ1) is 11.2. The molecule has 0 radical (unpaired) electrons. The van der Waals surface area contributed by atoms with Crippen molar-refractivity contribution in [3.63, 3.8) is 0 Å². The molecule has 1 unspecified atom stereocenters. The molecule has 6 heteroatoms. The Kier molecular flexibility index (Phi) is 5.07. The van der Waals surface area contributed by atoms with E-state index >= 15 is 0 Å². The Hall–Kier alpha value is -2.63. The predicted octanol–water partition coefficient (Wildman–Crippen LogP) is 3.21. The summed E-state index contributed by atoms with van der Waals surface area (Å²) < 4.78 is 10.2. The van der Waals surface area contributed by atoms with Crippen molar-refractivity contribution >= 4 is 23.8 Å². The average molecular weight is 332 g/mol. The van der Waals surface area contributed by atoms with E-state index in [1.807, 2.05) is 19.9 Å². The van der Waals surface area contributed by atoms with Crippen molar-refractivity contribution in [3.8, 4) is 5.75 Å². The summed E-state index contributed by atoms with van der Waals surface area (Å²) in [5.74, 6) is 0.119. The molecule has 1 aromatic rings. The molecule has 1 aliphatic heterocycles. The molecule has 0 aromatic heterocycles. The molecular weight excluding hydrogens is 312 g/mol. The van der Waals surface area contributed by atoms with Crippen LogP contribution in [0.4, 0.5) is 4.79 Å². The van der Waals surface area contributed by atoms with Crippen molar-refractivity contribution in [2.75, 3.05) is 0 Å². The number of hydrogen-bond acceptors (Lipinski definition) is 5. The zero-order chi connectivity index (χ0) is 18.0. The zero-order valence-electron chi connectivity index (χ0n) is 14.1. The number of carboxylic acid groups (broad SMARTS) is 1. The molecule has 0 saturated carbocycles. The topological polar surface area (TPSA) is 89.9 Å². The third-order valence-electron chi connectivity index (χ3n) is 4.13. The number of Topliss-reactive ketones (excluding diaryl/α,β-unsaturated/α-hetero) is 2. The summed E-state index contributed by atoms with van der Waals surface area (Å²) in [6.07, 6.45) is -0.122. The number of benzene rings is 1. The lowest BCUT2D eigenvalue weighted by Gasteiger charge is -2.12. The van der Waals surface area contributed by atoms with Gasteiger partial charge in [0, 0.05) is 12.0 Å². The Morgan fingerprint density at radius 2 is 2.00 bits per heavy atom. The molecule has 0 bridgehead atoms. The Morgan fingerprint density at radius 1 is 1.33 bits per heavy atom. The van der Waals surface area contributed by atoms with Crippen molar-refractivity contribution in [2.24, 2.45) is 0 Å². The lowest BCUT2D eigenvalue weighted by atomic mass is 9.94. The molecule has 0 amide bonds. The highest BCUT2D eigenvalue weighted by atomic mass is 16.8. The van der Waals surface area contributed by atoms with E-state index in [0.29, 0.717) is 12.2 Å². The van der Waals surface area contributed by atoms with Crippen LogP contribution >= 0.6 is 0 Å². The van der Waals surface area contributed by atoms with Crippen LogP contribution < -0.4 is 4.74 Å². The number of ether oxygens (including phenoxy) is 2. The highest BCUT2D eigenvalue weighted by Crippen LogP contribution is 2.37. The highest BCUT2D eigenvalue weighted by molar-refractivity contribution is 6.22. The number of carbonyl (C=O) groups excluding carboxylic acids is 2. The second-order valence-corrected chi connectivity index (χ2v) is 5.73. The summed E-state index contributed by atoms with van der Waals surface area (Å²) >= 11 is 0. The molecule has 0 fully saturated rings. The van der Waals surface area contributed by atoms with Crippen LogP contribution in [0.1, 0.15) is 42.5 Å². The summed E-state index contributed by atoms with van der Waals surface area (Å²) in [6.45, 7) is 6.80. The molecule has 128 valence electrons. The Bertz CT molecular complexity index is 744. The van der Waals surface area contributed by atoms with Crippen LogP contribution in [0.2, 0.25) is 0 Å². The van der Waals surface area contributed by atoms with Gasteiger partial charge in [0.05, 0.1) is 12.0 Å². The van der Waals surface area contributed by atoms with E-state index in [1.54, 1.807) is 13.0 Å². The standard InChI is InChI=1S/C18H20O6/c1-5-15(20)14(11(4)19)7-12-6-13-8-16(24-18(21)22)23-17(13)10(3)9(12)2/h6-7,16H,5,8H2,1-4H3,(H,21,22). The minimum atomic E-state index is -1.39. The predicted molar refractivity (Wildman–Crippen MR) is 87.1 cm³/mol. The molecule has 1 aliphatic rings. The maximum Gasteiger partial charge on any atom is 0.508 e. The van der Waals surface area contributed by atoms with E-state index in [-0.39, 0.29) is 23.6 Å². The lowest BCUT2D eigenvalue weighted by molar-refractivity contribution is -0.120. The minimum absolute atomic E-state index is 0.164. The number of rotatable bonds is 5. The molecule has 0 spiro atoms. The van der Waals surface area contributed by atoms with E-state index in [1.165, 1.54) is 6.92 Å². The third kappa shape index (κ3) is 3.48. The Labute approximate surface area is 140 Å². The van der Waals surface area contributed by atoms with E-state index < -0.39 is 12.4 Å². The summed E-state index contributed by atoms with van der Waals surface area (Å²) in [7, 11) is 0. The quantitative estimate of drug-likeness (QED) is 0.385. The van der Waals surface area contributed by atoms with Crippen molar-refractivity contribution in [1.82, 2.24) is 0 Å². The molecule has 0 aliphatic carbocycles.